The molecule has 0 nitrogen and oxygen atoms in total. The van der Waals surface area contributed by atoms with E-state index in [1.807, 2.05) is 0 Å². The van der Waals surface area contributed by atoms with Gasteiger partial charge in [-0.3, -0.25) is 0 Å². The molecule has 0 saturated carbocycles. The van der Waals surface area contributed by atoms with E-state index >= 15 is 0 Å². The lowest BCUT2D eigenvalue weighted by Crippen LogP contribution is -2.27. The smallest absolute Gasteiger partial charge is 0.130 e. The predicted octanol–water partition coefficient (Wildman–Crippen LogP) is -3.55. The van der Waals surface area contributed by atoms with E-state index in [4.69, 9.17) is 0 Å². The first-order valence-corrected chi connectivity index (χ1v) is 7.02. The van der Waals surface area contributed by atoms with Crippen LogP contribution >= 0.6 is 0 Å². The summed E-state index contributed by atoms with van der Waals surface area (Å²) in [5.74, 6) is 4.68. The fraction of sp³-hybridized carbons (Fsp3) is 0.500. The summed E-state index contributed by atoms with van der Waals surface area (Å²) in [7, 11) is 13.6. The van der Waals surface area contributed by atoms with Gasteiger partial charge in [-0.05, 0) is 0 Å². The molecule has 0 saturated heterocycles. The van der Waals surface area contributed by atoms with Crippen molar-refractivity contribution in [3.8, 4) is 0 Å². The van der Waals surface area contributed by atoms with Crippen molar-refractivity contribution >= 4 is 60.5 Å². The first-order valence-electron chi connectivity index (χ1n) is 7.02. The average Bonchev–Trinajstić information content (AvgIpc) is 2.33. The van der Waals surface area contributed by atoms with Gasteiger partial charge in [0.2, 0.25) is 0 Å². The van der Waals surface area contributed by atoms with Gasteiger partial charge in [-0.2, -0.15) is 0 Å². The zero-order chi connectivity index (χ0) is 12.6. The molecular formula is C8H22B8. The summed E-state index contributed by atoms with van der Waals surface area (Å²) >= 11 is 0. The minimum Gasteiger partial charge on any atom is -0.130 e. The number of hydrogen-bond acceptors (Lipinski definition) is 0. The first kappa shape index (κ1) is 16.0. The molecule has 0 amide bonds. The van der Waals surface area contributed by atoms with Gasteiger partial charge in [-0.1, -0.05) is 24.9 Å². The van der Waals surface area contributed by atoms with Crippen LogP contribution in [-0.4, -0.2) is 60.5 Å². The van der Waals surface area contributed by atoms with E-state index in [0.717, 1.165) is 13.4 Å². The lowest BCUT2D eigenvalue weighted by atomic mass is 9.23. The Morgan fingerprint density at radius 1 is 0.688 bits per heavy atom. The van der Waals surface area contributed by atoms with Crippen LogP contribution in [0.3, 0.4) is 0 Å². The van der Waals surface area contributed by atoms with Crippen LogP contribution in [0.5, 0.6) is 0 Å². The second kappa shape index (κ2) is 9.07. The fourth-order valence-corrected chi connectivity index (χ4v) is 2.73. The standard InChI is InChI=1S/C8H22B8/c9-1-7(15(3-11)4-12)8(2-10)16(5-13)6-14/h1-2H,3-6,9-14H2/b7-1-,8-2-. The maximum absolute atomic E-state index is 2.34. The molecule has 0 heterocycles. The van der Waals surface area contributed by atoms with E-state index in [9.17, 15) is 0 Å². The van der Waals surface area contributed by atoms with Crippen LogP contribution in [0.15, 0.2) is 22.9 Å². The predicted molar refractivity (Wildman–Crippen MR) is 98.2 cm³/mol. The Kier molecular flexibility index (Phi) is 9.07. The van der Waals surface area contributed by atoms with Gasteiger partial charge >= 0.3 is 0 Å². The molecule has 78 valence electrons. The largest absolute Gasteiger partial charge is 0.157 e. The summed E-state index contributed by atoms with van der Waals surface area (Å²) < 4.78 is 0. The molecule has 0 aromatic carbocycles. The summed E-state index contributed by atoms with van der Waals surface area (Å²) in [4.78, 5) is 0. The molecule has 0 radical (unpaired) electrons. The van der Waals surface area contributed by atoms with E-state index in [-0.39, 0.29) is 0 Å². The van der Waals surface area contributed by atoms with Gasteiger partial charge in [0.25, 0.3) is 0 Å². The minimum atomic E-state index is 0.747. The van der Waals surface area contributed by atoms with Gasteiger partial charge in [0.15, 0.2) is 13.4 Å². The van der Waals surface area contributed by atoms with Crippen molar-refractivity contribution in [2.75, 3.05) is 0 Å². The van der Waals surface area contributed by atoms with Gasteiger partial charge < -0.3 is 0 Å². The quantitative estimate of drug-likeness (QED) is 0.298. The lowest BCUT2D eigenvalue weighted by molar-refractivity contribution is 1.63. The second-order valence-corrected chi connectivity index (χ2v) is 4.51. The molecule has 0 aliphatic carbocycles. The van der Waals surface area contributed by atoms with Crippen LogP contribution in [0.2, 0.25) is 24.9 Å². The van der Waals surface area contributed by atoms with Crippen LogP contribution in [0.1, 0.15) is 0 Å². The fourth-order valence-electron chi connectivity index (χ4n) is 2.73. The summed E-state index contributed by atoms with van der Waals surface area (Å²) in [5, 5.41) is 0. The molecule has 0 aliphatic heterocycles. The Morgan fingerprint density at radius 3 is 1.06 bits per heavy atom. The average molecular weight is 205 g/mol. The van der Waals surface area contributed by atoms with Gasteiger partial charge in [0, 0.05) is 0 Å². The third kappa shape index (κ3) is 4.11. The third-order valence-corrected chi connectivity index (χ3v) is 3.81. The Labute approximate surface area is 108 Å². The first-order chi connectivity index (χ1) is 7.69. The van der Waals surface area contributed by atoms with Crippen molar-refractivity contribution in [3.05, 3.63) is 22.9 Å². The van der Waals surface area contributed by atoms with Crippen LogP contribution in [-0.2, 0) is 0 Å². The van der Waals surface area contributed by atoms with Crippen molar-refractivity contribution in [2.45, 2.75) is 24.9 Å². The van der Waals surface area contributed by atoms with Crippen molar-refractivity contribution in [1.29, 1.82) is 0 Å². The SMILES string of the molecule is B/C=C(B(CB)CB)/C(=C/B)B(CB)CB. The topological polar surface area (TPSA) is 0 Å². The lowest BCUT2D eigenvalue weighted by Gasteiger charge is -2.23. The maximum atomic E-state index is 2.34. The molecule has 0 bridgehead atoms. The van der Waals surface area contributed by atoms with Crippen LogP contribution in [0, 0.1) is 0 Å². The summed E-state index contributed by atoms with van der Waals surface area (Å²) in [5.41, 5.74) is 3.20. The van der Waals surface area contributed by atoms with Crippen molar-refractivity contribution in [3.63, 3.8) is 0 Å². The summed E-state index contributed by atoms with van der Waals surface area (Å²) in [6, 6.07) is 0. The Morgan fingerprint density at radius 2 is 0.938 bits per heavy atom. The monoisotopic (exact) mass is 206 g/mol. The van der Waals surface area contributed by atoms with E-state index in [1.165, 1.54) is 24.9 Å². The molecule has 0 N–H and O–H groups in total. The molecule has 0 rings (SSSR count). The van der Waals surface area contributed by atoms with E-state index in [0.29, 0.717) is 0 Å². The summed E-state index contributed by atoms with van der Waals surface area (Å²) in [6.07, 6.45) is 5.03. The molecule has 8 heteroatoms. The Bertz CT molecular complexity index is 214. The molecule has 0 spiro atoms. The molecule has 0 aromatic rings. The molecule has 0 unspecified atom stereocenters. The highest BCUT2D eigenvalue weighted by molar-refractivity contribution is 6.85. The van der Waals surface area contributed by atoms with Crippen molar-refractivity contribution in [1.82, 2.24) is 0 Å². The van der Waals surface area contributed by atoms with Crippen LogP contribution in [0.4, 0.5) is 0 Å². The zero-order valence-corrected chi connectivity index (χ0v) is 12.1. The van der Waals surface area contributed by atoms with E-state index in [1.54, 1.807) is 10.9 Å². The molecule has 0 aliphatic rings. The molecule has 0 aromatic heterocycles. The molecule has 16 heavy (non-hydrogen) atoms. The third-order valence-electron chi connectivity index (χ3n) is 3.81. The Balaban J connectivity index is 5.05. The Hall–Kier alpha value is -0.000519. The van der Waals surface area contributed by atoms with Gasteiger partial charge in [0.05, 0.1) is 31.4 Å². The van der Waals surface area contributed by atoms with Crippen molar-refractivity contribution in [2.24, 2.45) is 0 Å². The second-order valence-electron chi connectivity index (χ2n) is 4.51. The normalized spacial score (nSPS) is 12.5. The summed E-state index contributed by atoms with van der Waals surface area (Å²) in [6.45, 7) is 1.49. The number of hydrogen-bond donors (Lipinski definition) is 0. The highest BCUT2D eigenvalue weighted by Gasteiger charge is 2.22. The highest BCUT2D eigenvalue weighted by Crippen LogP contribution is 2.21. The molecule has 0 fully saturated rings. The zero-order valence-electron chi connectivity index (χ0n) is 12.1. The molecule has 0 atom stereocenters. The van der Waals surface area contributed by atoms with Gasteiger partial charge in [0.1, 0.15) is 15.7 Å². The van der Waals surface area contributed by atoms with Crippen LogP contribution in [0.25, 0.3) is 0 Å². The van der Waals surface area contributed by atoms with Crippen LogP contribution < -0.4 is 0 Å². The van der Waals surface area contributed by atoms with E-state index < -0.39 is 0 Å². The van der Waals surface area contributed by atoms with Gasteiger partial charge in [-0.15, -0.1) is 22.9 Å². The number of allylic oxidation sites excluding steroid dienone is 2. The number of rotatable bonds is 7. The van der Waals surface area contributed by atoms with Gasteiger partial charge in [-0.25, -0.2) is 0 Å². The minimum absolute atomic E-state index is 0.747. The highest BCUT2D eigenvalue weighted by atomic mass is 13.9. The van der Waals surface area contributed by atoms with Crippen molar-refractivity contribution < 1.29 is 0 Å². The maximum Gasteiger partial charge on any atom is 0.157 e. The molecular weight excluding hydrogens is 183 g/mol. The van der Waals surface area contributed by atoms with E-state index in [2.05, 4.69) is 59.0 Å².